The average Bonchev–Trinajstić information content (AvgIpc) is 2.85. The second-order valence-electron chi connectivity index (χ2n) is 5.58. The first-order valence-corrected chi connectivity index (χ1v) is 9.01. The quantitative estimate of drug-likeness (QED) is 0.790. The molecule has 1 N–H and O–H groups in total. The topological polar surface area (TPSA) is 21.3 Å². The maximum absolute atomic E-state index is 6.27. The molecule has 0 radical (unpaired) electrons. The van der Waals surface area contributed by atoms with Gasteiger partial charge in [-0.25, -0.2) is 0 Å². The van der Waals surface area contributed by atoms with Gasteiger partial charge in [0.1, 0.15) is 0 Å². The summed E-state index contributed by atoms with van der Waals surface area (Å²) in [6.07, 6.45) is 7.29. The Balaban J connectivity index is 2.14. The van der Waals surface area contributed by atoms with Gasteiger partial charge in [-0.1, -0.05) is 37.8 Å². The average molecular weight is 316 g/mol. The molecule has 1 atom stereocenters. The van der Waals surface area contributed by atoms with Crippen molar-refractivity contribution in [3.05, 3.63) is 21.3 Å². The Morgan fingerprint density at radius 2 is 2.05 bits per heavy atom. The second kappa shape index (κ2) is 7.79. The second-order valence-corrected chi connectivity index (χ2v) is 7.38. The fourth-order valence-corrected chi connectivity index (χ4v) is 4.52. The molecule has 1 aliphatic carbocycles. The molecule has 2 rings (SSSR count). The van der Waals surface area contributed by atoms with Crippen molar-refractivity contribution in [2.24, 2.45) is 0 Å². The van der Waals surface area contributed by atoms with E-state index in [0.29, 0.717) is 6.04 Å². The van der Waals surface area contributed by atoms with Crippen LogP contribution in [0.5, 0.6) is 0 Å². The normalized spacial score (nSPS) is 19.9. The Labute approximate surface area is 131 Å². The molecule has 1 aromatic rings. The first-order chi connectivity index (χ1) is 9.70. The molecule has 20 heavy (non-hydrogen) atoms. The van der Waals surface area contributed by atoms with Crippen molar-refractivity contribution in [3.63, 3.8) is 0 Å². The largest absolute Gasteiger partial charge is 0.374 e. The smallest absolute Gasteiger partial charge is 0.0931 e. The minimum atomic E-state index is 0.0134. The lowest BCUT2D eigenvalue weighted by Crippen LogP contribution is -2.54. The van der Waals surface area contributed by atoms with Gasteiger partial charge in [0.15, 0.2) is 0 Å². The van der Waals surface area contributed by atoms with Crippen molar-refractivity contribution in [1.82, 2.24) is 5.32 Å². The van der Waals surface area contributed by atoms with Gasteiger partial charge in [-0.15, -0.1) is 11.3 Å². The molecule has 1 aromatic heterocycles. The number of ether oxygens (including phenoxy) is 1. The predicted molar refractivity (Wildman–Crippen MR) is 87.9 cm³/mol. The molecule has 114 valence electrons. The van der Waals surface area contributed by atoms with Crippen LogP contribution in [0.1, 0.15) is 50.8 Å². The van der Waals surface area contributed by atoms with Crippen LogP contribution >= 0.6 is 22.9 Å². The summed E-state index contributed by atoms with van der Waals surface area (Å²) in [4.78, 5) is 1.35. The summed E-state index contributed by atoms with van der Waals surface area (Å²) in [6, 6.07) is 4.54. The molecule has 0 bridgehead atoms. The zero-order valence-electron chi connectivity index (χ0n) is 12.6. The van der Waals surface area contributed by atoms with E-state index in [0.717, 1.165) is 23.9 Å². The van der Waals surface area contributed by atoms with Crippen LogP contribution in [0.2, 0.25) is 4.34 Å². The molecule has 1 aliphatic rings. The van der Waals surface area contributed by atoms with Crippen LogP contribution in [0.3, 0.4) is 0 Å². The van der Waals surface area contributed by atoms with Crippen LogP contribution in [0.25, 0.3) is 0 Å². The summed E-state index contributed by atoms with van der Waals surface area (Å²) in [5.74, 6) is 0. The number of likely N-dealkylation sites (N-methyl/N-ethyl adjacent to an activating group) is 1. The highest BCUT2D eigenvalue weighted by Crippen LogP contribution is 2.37. The lowest BCUT2D eigenvalue weighted by molar-refractivity contribution is -0.0893. The highest BCUT2D eigenvalue weighted by Gasteiger charge is 2.40. The third-order valence-corrected chi connectivity index (χ3v) is 5.50. The van der Waals surface area contributed by atoms with E-state index < -0.39 is 0 Å². The van der Waals surface area contributed by atoms with Gasteiger partial charge in [0.25, 0.3) is 0 Å². The molecular formula is C16H26ClNOS. The lowest BCUT2D eigenvalue weighted by atomic mass is 9.77. The van der Waals surface area contributed by atoms with Gasteiger partial charge < -0.3 is 10.1 Å². The molecule has 4 heteroatoms. The number of hydrogen-bond acceptors (Lipinski definition) is 3. The van der Waals surface area contributed by atoms with Crippen molar-refractivity contribution in [3.8, 4) is 0 Å². The summed E-state index contributed by atoms with van der Waals surface area (Å²) in [6.45, 7) is 6.07. The molecule has 0 aromatic carbocycles. The number of hydrogen-bond donors (Lipinski definition) is 1. The van der Waals surface area contributed by atoms with E-state index in [-0.39, 0.29) is 5.60 Å². The monoisotopic (exact) mass is 315 g/mol. The fourth-order valence-electron chi connectivity index (χ4n) is 3.38. The van der Waals surface area contributed by atoms with Crippen molar-refractivity contribution < 1.29 is 4.74 Å². The van der Waals surface area contributed by atoms with Crippen molar-refractivity contribution >= 4 is 22.9 Å². The van der Waals surface area contributed by atoms with Crippen LogP contribution in [0.15, 0.2) is 12.1 Å². The van der Waals surface area contributed by atoms with E-state index in [1.54, 1.807) is 11.3 Å². The van der Waals surface area contributed by atoms with Crippen LogP contribution in [0, 0.1) is 0 Å². The Bertz CT molecular complexity index is 395. The Morgan fingerprint density at radius 3 is 2.60 bits per heavy atom. The Morgan fingerprint density at radius 1 is 1.30 bits per heavy atom. The summed E-state index contributed by atoms with van der Waals surface area (Å²) in [5.41, 5.74) is 0.0134. The molecule has 0 saturated heterocycles. The van der Waals surface area contributed by atoms with Gasteiger partial charge in [-0.2, -0.15) is 0 Å². The van der Waals surface area contributed by atoms with Gasteiger partial charge in [0.2, 0.25) is 0 Å². The van der Waals surface area contributed by atoms with Gasteiger partial charge in [-0.3, -0.25) is 0 Å². The molecule has 1 fully saturated rings. The third-order valence-electron chi connectivity index (χ3n) is 4.25. The van der Waals surface area contributed by atoms with Crippen molar-refractivity contribution in [2.75, 3.05) is 13.2 Å². The molecule has 2 nitrogen and oxygen atoms in total. The summed E-state index contributed by atoms with van der Waals surface area (Å²) < 4.78 is 7.15. The Hall–Kier alpha value is -0.0900. The van der Waals surface area contributed by atoms with E-state index >= 15 is 0 Å². The van der Waals surface area contributed by atoms with Crippen LogP contribution in [-0.4, -0.2) is 24.8 Å². The van der Waals surface area contributed by atoms with Crippen molar-refractivity contribution in [1.29, 1.82) is 0 Å². The maximum atomic E-state index is 6.27. The van der Waals surface area contributed by atoms with Crippen LogP contribution in [0.4, 0.5) is 0 Å². The zero-order valence-corrected chi connectivity index (χ0v) is 14.2. The standard InChI is InChI=1S/C16H26ClNOS/c1-3-18-14(12-13-8-9-15(17)20-13)16(19-4-2)10-6-5-7-11-16/h8-9,14,18H,3-7,10-12H2,1-2H3. The SMILES string of the molecule is CCNC(Cc1ccc(Cl)s1)C1(OCC)CCCCC1. The predicted octanol–water partition coefficient (Wildman–Crippen LogP) is 4.66. The molecule has 0 aliphatic heterocycles. The number of nitrogens with one attached hydrogen (secondary N) is 1. The van der Waals surface area contributed by atoms with Gasteiger partial charge in [-0.05, 0) is 44.9 Å². The molecule has 1 saturated carbocycles. The van der Waals surface area contributed by atoms with Gasteiger partial charge in [0.05, 0.1) is 9.94 Å². The fraction of sp³-hybridized carbons (Fsp3) is 0.750. The zero-order chi connectivity index (χ0) is 14.4. The summed E-state index contributed by atoms with van der Waals surface area (Å²) in [5, 5.41) is 3.67. The van der Waals surface area contributed by atoms with E-state index in [9.17, 15) is 0 Å². The minimum absolute atomic E-state index is 0.0134. The molecule has 1 heterocycles. The highest BCUT2D eigenvalue weighted by molar-refractivity contribution is 7.16. The summed E-state index contributed by atoms with van der Waals surface area (Å²) >= 11 is 7.76. The van der Waals surface area contributed by atoms with E-state index in [1.807, 2.05) is 6.07 Å². The number of thiophene rings is 1. The third kappa shape index (κ3) is 3.97. The van der Waals surface area contributed by atoms with Crippen molar-refractivity contribution in [2.45, 2.75) is 64.0 Å². The van der Waals surface area contributed by atoms with Crippen LogP contribution < -0.4 is 5.32 Å². The number of rotatable bonds is 7. The van der Waals surface area contributed by atoms with E-state index in [1.165, 1.54) is 37.0 Å². The summed E-state index contributed by atoms with van der Waals surface area (Å²) in [7, 11) is 0. The van der Waals surface area contributed by atoms with E-state index in [2.05, 4.69) is 25.2 Å². The maximum Gasteiger partial charge on any atom is 0.0931 e. The number of halogens is 1. The minimum Gasteiger partial charge on any atom is -0.374 e. The lowest BCUT2D eigenvalue weighted by Gasteiger charge is -2.43. The van der Waals surface area contributed by atoms with Gasteiger partial charge >= 0.3 is 0 Å². The Kier molecular flexibility index (Phi) is 6.34. The first-order valence-electron chi connectivity index (χ1n) is 7.81. The molecule has 0 amide bonds. The molecular weight excluding hydrogens is 290 g/mol. The first kappa shape index (κ1) is 16.3. The highest BCUT2D eigenvalue weighted by atomic mass is 35.5. The van der Waals surface area contributed by atoms with Gasteiger partial charge in [0, 0.05) is 17.5 Å². The molecule has 1 unspecified atom stereocenters. The molecule has 0 spiro atoms. The van der Waals surface area contributed by atoms with E-state index in [4.69, 9.17) is 16.3 Å². The van der Waals surface area contributed by atoms with Crippen LogP contribution in [-0.2, 0) is 11.2 Å².